The van der Waals surface area contributed by atoms with Gasteiger partial charge in [-0.2, -0.15) is 0 Å². The fraction of sp³-hybridized carbons (Fsp3) is 0.800. The molecule has 0 bridgehead atoms. The van der Waals surface area contributed by atoms with E-state index in [0.717, 1.165) is 12.5 Å². The van der Waals surface area contributed by atoms with Gasteiger partial charge in [-0.25, -0.2) is 0 Å². The van der Waals surface area contributed by atoms with E-state index in [1.807, 2.05) is 0 Å². The van der Waals surface area contributed by atoms with Crippen molar-refractivity contribution in [2.45, 2.75) is 39.5 Å². The van der Waals surface area contributed by atoms with E-state index >= 15 is 0 Å². The third kappa shape index (κ3) is 7.60. The fourth-order valence-electron chi connectivity index (χ4n) is 1.21. The highest BCUT2D eigenvalue weighted by Gasteiger charge is 1.95. The molecule has 0 spiro atoms. The van der Waals surface area contributed by atoms with Crippen molar-refractivity contribution in [3.8, 4) is 0 Å². The second kappa shape index (κ2) is 7.80. The lowest BCUT2D eigenvalue weighted by atomic mass is 10.0. The molecule has 0 aromatic heterocycles. The Morgan fingerprint density at radius 3 is 2.55 bits per heavy atom. The topological polar surface area (TPSA) is 26.0 Å². The Morgan fingerprint density at radius 2 is 2.00 bits per heavy atom. The maximum Gasteiger partial charge on any atom is -0.00773 e. The van der Waals surface area contributed by atoms with Crippen LogP contribution in [0.4, 0.5) is 0 Å². The van der Waals surface area contributed by atoms with Crippen molar-refractivity contribution in [3.05, 3.63) is 12.2 Å². The van der Waals surface area contributed by atoms with Crippen molar-refractivity contribution in [1.82, 2.24) is 0 Å². The van der Waals surface area contributed by atoms with Crippen LogP contribution in [0.2, 0.25) is 0 Å². The zero-order chi connectivity index (χ0) is 8.53. The lowest BCUT2D eigenvalue weighted by Gasteiger charge is -2.04. The molecule has 0 radical (unpaired) electrons. The molecule has 11 heavy (non-hydrogen) atoms. The summed E-state index contributed by atoms with van der Waals surface area (Å²) >= 11 is 0. The summed E-state index contributed by atoms with van der Waals surface area (Å²) in [5, 5.41) is 0. The van der Waals surface area contributed by atoms with Crippen LogP contribution in [0.3, 0.4) is 0 Å². The molecular formula is C10H21N. The molecule has 0 amide bonds. The van der Waals surface area contributed by atoms with Gasteiger partial charge in [0.1, 0.15) is 0 Å². The summed E-state index contributed by atoms with van der Waals surface area (Å²) in [5.74, 6) is 0.748. The molecule has 66 valence electrons. The summed E-state index contributed by atoms with van der Waals surface area (Å²) in [6, 6.07) is 0. The molecule has 0 heterocycles. The first kappa shape index (κ1) is 10.7. The molecule has 0 saturated carbocycles. The molecule has 1 nitrogen and oxygen atoms in total. The number of unbranched alkanes of at least 4 members (excludes halogenated alkanes) is 2. The van der Waals surface area contributed by atoms with Crippen molar-refractivity contribution in [3.63, 3.8) is 0 Å². The third-order valence-corrected chi connectivity index (χ3v) is 1.88. The van der Waals surface area contributed by atoms with Crippen molar-refractivity contribution in [2.75, 3.05) is 6.54 Å². The van der Waals surface area contributed by atoms with Gasteiger partial charge in [0, 0.05) is 0 Å². The van der Waals surface area contributed by atoms with Gasteiger partial charge in [-0.05, 0) is 32.2 Å². The quantitative estimate of drug-likeness (QED) is 0.463. The lowest BCUT2D eigenvalue weighted by Crippen LogP contribution is -1.98. The second-order valence-electron chi connectivity index (χ2n) is 3.14. The van der Waals surface area contributed by atoms with Crippen LogP contribution in [0, 0.1) is 5.92 Å². The van der Waals surface area contributed by atoms with Gasteiger partial charge >= 0.3 is 0 Å². The van der Waals surface area contributed by atoms with Crippen LogP contribution in [-0.2, 0) is 0 Å². The minimum absolute atomic E-state index is 0.748. The molecule has 0 aliphatic heterocycles. The number of hydrogen-bond donors (Lipinski definition) is 1. The van der Waals surface area contributed by atoms with Gasteiger partial charge in [0.2, 0.25) is 0 Å². The Balaban J connectivity index is 3.10. The molecule has 0 aromatic carbocycles. The summed E-state index contributed by atoms with van der Waals surface area (Å²) in [6.07, 6.45) is 9.50. The molecule has 0 aliphatic rings. The molecule has 1 unspecified atom stereocenters. The average Bonchev–Trinajstić information content (AvgIpc) is 1.99. The molecule has 1 heteroatoms. The van der Waals surface area contributed by atoms with E-state index in [9.17, 15) is 0 Å². The normalized spacial score (nSPS) is 14.1. The summed E-state index contributed by atoms with van der Waals surface area (Å²) in [7, 11) is 0. The fourth-order valence-corrected chi connectivity index (χ4v) is 1.21. The molecule has 1 atom stereocenters. The van der Waals surface area contributed by atoms with Gasteiger partial charge in [-0.1, -0.05) is 31.9 Å². The third-order valence-electron chi connectivity index (χ3n) is 1.88. The monoisotopic (exact) mass is 155 g/mol. The summed E-state index contributed by atoms with van der Waals surface area (Å²) in [5.41, 5.74) is 5.39. The van der Waals surface area contributed by atoms with Crippen LogP contribution in [0.1, 0.15) is 39.5 Å². The van der Waals surface area contributed by atoms with Crippen LogP contribution >= 0.6 is 0 Å². The number of allylic oxidation sites excluding steroid dienone is 2. The largest absolute Gasteiger partial charge is 0.330 e. The standard InChI is InChI=1S/C10H21N/c1-3-7-10(2)8-5-4-6-9-11/h3,7,10H,4-6,8-9,11H2,1-2H3/b7-3+. The first-order valence-electron chi connectivity index (χ1n) is 4.64. The molecular weight excluding hydrogens is 134 g/mol. The predicted molar refractivity (Wildman–Crippen MR) is 51.5 cm³/mol. The Hall–Kier alpha value is -0.300. The van der Waals surface area contributed by atoms with Gasteiger partial charge in [-0.15, -0.1) is 0 Å². The van der Waals surface area contributed by atoms with Gasteiger partial charge < -0.3 is 5.73 Å². The van der Waals surface area contributed by atoms with Crippen molar-refractivity contribution >= 4 is 0 Å². The maximum absolute atomic E-state index is 5.39. The number of nitrogens with two attached hydrogens (primary N) is 1. The first-order valence-corrected chi connectivity index (χ1v) is 4.64. The Kier molecular flexibility index (Phi) is 7.59. The Morgan fingerprint density at radius 1 is 1.27 bits per heavy atom. The number of rotatable bonds is 6. The van der Waals surface area contributed by atoms with Crippen LogP contribution < -0.4 is 5.73 Å². The summed E-state index contributed by atoms with van der Waals surface area (Å²) in [6.45, 7) is 5.19. The predicted octanol–water partition coefficient (Wildman–Crippen LogP) is 2.72. The lowest BCUT2D eigenvalue weighted by molar-refractivity contribution is 0.567. The molecule has 2 N–H and O–H groups in total. The molecule has 0 aromatic rings. The van der Waals surface area contributed by atoms with Crippen LogP contribution in [0.25, 0.3) is 0 Å². The van der Waals surface area contributed by atoms with Gasteiger partial charge in [0.25, 0.3) is 0 Å². The Bertz CT molecular complexity index is 97.0. The van der Waals surface area contributed by atoms with Crippen molar-refractivity contribution in [1.29, 1.82) is 0 Å². The first-order chi connectivity index (χ1) is 5.31. The SMILES string of the molecule is C/C=C/C(C)CCCCCN. The van der Waals surface area contributed by atoms with E-state index in [-0.39, 0.29) is 0 Å². The van der Waals surface area contributed by atoms with E-state index in [2.05, 4.69) is 26.0 Å². The number of hydrogen-bond acceptors (Lipinski definition) is 1. The van der Waals surface area contributed by atoms with Crippen molar-refractivity contribution < 1.29 is 0 Å². The van der Waals surface area contributed by atoms with E-state index in [4.69, 9.17) is 5.73 Å². The molecule has 0 saturated heterocycles. The zero-order valence-corrected chi connectivity index (χ0v) is 7.84. The van der Waals surface area contributed by atoms with Crippen LogP contribution in [0.15, 0.2) is 12.2 Å². The van der Waals surface area contributed by atoms with E-state index in [1.165, 1.54) is 25.7 Å². The second-order valence-corrected chi connectivity index (χ2v) is 3.14. The minimum atomic E-state index is 0.748. The van der Waals surface area contributed by atoms with Crippen LogP contribution in [-0.4, -0.2) is 6.54 Å². The van der Waals surface area contributed by atoms with Gasteiger partial charge in [0.15, 0.2) is 0 Å². The zero-order valence-electron chi connectivity index (χ0n) is 7.84. The van der Waals surface area contributed by atoms with E-state index in [1.54, 1.807) is 0 Å². The van der Waals surface area contributed by atoms with Gasteiger partial charge in [-0.3, -0.25) is 0 Å². The molecule has 0 aliphatic carbocycles. The highest BCUT2D eigenvalue weighted by Crippen LogP contribution is 2.09. The Labute approximate surface area is 70.7 Å². The van der Waals surface area contributed by atoms with Crippen LogP contribution in [0.5, 0.6) is 0 Å². The molecule has 0 fully saturated rings. The molecule has 0 rings (SSSR count). The smallest absolute Gasteiger partial charge is 0.00773 e. The summed E-state index contributed by atoms with van der Waals surface area (Å²) < 4.78 is 0. The van der Waals surface area contributed by atoms with Crippen molar-refractivity contribution in [2.24, 2.45) is 11.7 Å². The van der Waals surface area contributed by atoms with E-state index in [0.29, 0.717) is 0 Å². The summed E-state index contributed by atoms with van der Waals surface area (Å²) in [4.78, 5) is 0. The highest BCUT2D eigenvalue weighted by molar-refractivity contribution is 4.82. The minimum Gasteiger partial charge on any atom is -0.330 e. The highest BCUT2D eigenvalue weighted by atomic mass is 14.5. The average molecular weight is 155 g/mol. The van der Waals surface area contributed by atoms with Gasteiger partial charge in [0.05, 0.1) is 0 Å². The maximum atomic E-state index is 5.39. The van der Waals surface area contributed by atoms with E-state index < -0.39 is 0 Å².